The zero-order chi connectivity index (χ0) is 16.9. The second-order valence-electron chi connectivity index (χ2n) is 7.35. The molecule has 128 valence electrons. The average Bonchev–Trinajstić information content (AvgIpc) is 3.19. The predicted octanol–water partition coefficient (Wildman–Crippen LogP) is 0.273. The van der Waals surface area contributed by atoms with Gasteiger partial charge in [-0.15, -0.1) is 0 Å². The first-order valence-corrected chi connectivity index (χ1v) is 8.31. The van der Waals surface area contributed by atoms with E-state index in [0.717, 1.165) is 12.8 Å². The van der Waals surface area contributed by atoms with Gasteiger partial charge in [-0.2, -0.15) is 5.10 Å². The number of likely N-dealkylation sites (tertiary alicyclic amines) is 1. The van der Waals surface area contributed by atoms with Crippen molar-refractivity contribution in [2.45, 2.75) is 44.8 Å². The first-order valence-electron chi connectivity index (χ1n) is 8.31. The Labute approximate surface area is 138 Å². The lowest BCUT2D eigenvalue weighted by atomic mass is 9.90. The molecule has 8 nitrogen and oxygen atoms in total. The highest BCUT2D eigenvalue weighted by Crippen LogP contribution is 2.47. The number of hydrogen-bond donors (Lipinski definition) is 2. The summed E-state index contributed by atoms with van der Waals surface area (Å²) in [6.07, 6.45) is 5.73. The quantitative estimate of drug-likeness (QED) is 0.840. The molecule has 4 rings (SSSR count). The number of hydrogen-bond acceptors (Lipinski definition) is 5. The molecule has 0 aromatic carbocycles. The molecule has 1 aliphatic carbocycles. The molecule has 3 heterocycles. The fourth-order valence-corrected chi connectivity index (χ4v) is 3.37. The summed E-state index contributed by atoms with van der Waals surface area (Å²) in [6, 6.07) is 0. The number of fused-ring (bicyclic) bond motifs is 1. The van der Waals surface area contributed by atoms with Crippen molar-refractivity contribution >= 4 is 16.9 Å². The highest BCUT2D eigenvalue weighted by Gasteiger charge is 2.48. The number of aromatic nitrogens is 4. The number of amides is 1. The Morgan fingerprint density at radius 2 is 2.04 bits per heavy atom. The standard InChI is InChI=1S/C16H21N5O3/c1-15(2-3-15)14(23)20-6-4-16(24,5-7-20)9-21-12-11(8-19-21)13(22)18-10-17-12/h8,10,24H,2-7,9H2,1H3,(H,17,18,22). The van der Waals surface area contributed by atoms with E-state index in [1.165, 1.54) is 12.5 Å². The van der Waals surface area contributed by atoms with E-state index in [1.54, 1.807) is 4.68 Å². The summed E-state index contributed by atoms with van der Waals surface area (Å²) in [5.41, 5.74) is -0.879. The predicted molar refractivity (Wildman–Crippen MR) is 86.3 cm³/mol. The number of aromatic amines is 1. The van der Waals surface area contributed by atoms with Crippen molar-refractivity contribution in [2.75, 3.05) is 13.1 Å². The Hall–Kier alpha value is -2.22. The molecular formula is C16H21N5O3. The number of H-pyrrole nitrogens is 1. The van der Waals surface area contributed by atoms with Crippen LogP contribution < -0.4 is 5.56 Å². The van der Waals surface area contributed by atoms with Gasteiger partial charge in [0.05, 0.1) is 24.7 Å². The Balaban J connectivity index is 1.48. The molecule has 0 radical (unpaired) electrons. The summed E-state index contributed by atoms with van der Waals surface area (Å²) in [5, 5.41) is 15.5. The van der Waals surface area contributed by atoms with Crippen molar-refractivity contribution in [1.82, 2.24) is 24.6 Å². The van der Waals surface area contributed by atoms with Crippen LogP contribution in [0.3, 0.4) is 0 Å². The van der Waals surface area contributed by atoms with Gasteiger partial charge in [-0.1, -0.05) is 6.92 Å². The molecule has 24 heavy (non-hydrogen) atoms. The summed E-state index contributed by atoms with van der Waals surface area (Å²) in [7, 11) is 0. The number of carbonyl (C=O) groups excluding carboxylic acids is 1. The maximum Gasteiger partial charge on any atom is 0.261 e. The van der Waals surface area contributed by atoms with Crippen LogP contribution in [-0.4, -0.2) is 54.4 Å². The van der Waals surface area contributed by atoms with Crippen molar-refractivity contribution in [2.24, 2.45) is 5.41 Å². The average molecular weight is 331 g/mol. The van der Waals surface area contributed by atoms with Gasteiger partial charge in [0.1, 0.15) is 5.39 Å². The van der Waals surface area contributed by atoms with Gasteiger partial charge in [-0.3, -0.25) is 9.59 Å². The molecule has 0 atom stereocenters. The molecule has 8 heteroatoms. The SMILES string of the molecule is CC1(C(=O)N2CCC(O)(Cn3ncc4c(=O)[nH]cnc43)CC2)CC1. The van der Waals surface area contributed by atoms with E-state index in [0.29, 0.717) is 37.0 Å². The summed E-state index contributed by atoms with van der Waals surface area (Å²) in [6.45, 7) is 3.39. The monoisotopic (exact) mass is 331 g/mol. The molecule has 2 aromatic heterocycles. The van der Waals surface area contributed by atoms with Crippen molar-refractivity contribution < 1.29 is 9.90 Å². The lowest BCUT2D eigenvalue weighted by Crippen LogP contribution is -2.50. The Kier molecular flexibility index (Phi) is 3.28. The van der Waals surface area contributed by atoms with Crippen molar-refractivity contribution in [3.63, 3.8) is 0 Å². The number of nitrogens with one attached hydrogen (secondary N) is 1. The minimum Gasteiger partial charge on any atom is -0.388 e. The maximum atomic E-state index is 12.4. The summed E-state index contributed by atoms with van der Waals surface area (Å²) in [4.78, 5) is 32.7. The molecule has 2 fully saturated rings. The molecule has 2 N–H and O–H groups in total. The van der Waals surface area contributed by atoms with Crippen LogP contribution in [0.2, 0.25) is 0 Å². The molecular weight excluding hydrogens is 310 g/mol. The van der Waals surface area contributed by atoms with Gasteiger partial charge in [0, 0.05) is 18.5 Å². The van der Waals surface area contributed by atoms with Crippen LogP contribution in [0.25, 0.3) is 11.0 Å². The molecule has 0 bridgehead atoms. The molecule has 2 aliphatic rings. The van der Waals surface area contributed by atoms with E-state index < -0.39 is 5.60 Å². The first kappa shape index (κ1) is 15.3. The highest BCUT2D eigenvalue weighted by molar-refractivity contribution is 5.85. The summed E-state index contributed by atoms with van der Waals surface area (Å²) in [5.74, 6) is 0.210. The van der Waals surface area contributed by atoms with Gasteiger partial charge < -0.3 is 15.0 Å². The van der Waals surface area contributed by atoms with Gasteiger partial charge >= 0.3 is 0 Å². The summed E-state index contributed by atoms with van der Waals surface area (Å²) >= 11 is 0. The second kappa shape index (κ2) is 5.14. The number of nitrogens with zero attached hydrogens (tertiary/aromatic N) is 4. The fourth-order valence-electron chi connectivity index (χ4n) is 3.37. The lowest BCUT2D eigenvalue weighted by Gasteiger charge is -2.39. The first-order chi connectivity index (χ1) is 11.4. The molecule has 0 spiro atoms. The van der Waals surface area contributed by atoms with E-state index >= 15 is 0 Å². The van der Waals surface area contributed by atoms with Crippen molar-refractivity contribution in [1.29, 1.82) is 0 Å². The van der Waals surface area contributed by atoms with E-state index in [1.807, 2.05) is 11.8 Å². The smallest absolute Gasteiger partial charge is 0.261 e. The number of carbonyl (C=O) groups is 1. The normalized spacial score (nSPS) is 21.8. The van der Waals surface area contributed by atoms with Crippen LogP contribution in [0, 0.1) is 5.41 Å². The second-order valence-corrected chi connectivity index (χ2v) is 7.35. The third-order valence-corrected chi connectivity index (χ3v) is 5.38. The van der Waals surface area contributed by atoms with E-state index in [-0.39, 0.29) is 23.4 Å². The van der Waals surface area contributed by atoms with Gasteiger partial charge in [0.15, 0.2) is 5.65 Å². The zero-order valence-electron chi connectivity index (χ0n) is 13.7. The lowest BCUT2D eigenvalue weighted by molar-refractivity contribution is -0.141. The van der Waals surface area contributed by atoms with Crippen molar-refractivity contribution in [3.05, 3.63) is 22.9 Å². The molecule has 1 saturated carbocycles. The molecule has 0 unspecified atom stereocenters. The molecule has 1 amide bonds. The highest BCUT2D eigenvalue weighted by atomic mass is 16.3. The van der Waals surface area contributed by atoms with Gasteiger partial charge in [0.2, 0.25) is 5.91 Å². The van der Waals surface area contributed by atoms with Crippen LogP contribution >= 0.6 is 0 Å². The third-order valence-electron chi connectivity index (χ3n) is 5.38. The third kappa shape index (κ3) is 2.50. The minimum atomic E-state index is -0.940. The largest absolute Gasteiger partial charge is 0.388 e. The Morgan fingerprint density at radius 3 is 2.71 bits per heavy atom. The number of aliphatic hydroxyl groups is 1. The fraction of sp³-hybridized carbons (Fsp3) is 0.625. The topological polar surface area (TPSA) is 104 Å². The van der Waals surface area contributed by atoms with E-state index in [2.05, 4.69) is 15.1 Å². The number of piperidine rings is 1. The zero-order valence-corrected chi connectivity index (χ0v) is 13.7. The molecule has 1 aliphatic heterocycles. The van der Waals surface area contributed by atoms with E-state index in [9.17, 15) is 14.7 Å². The van der Waals surface area contributed by atoms with E-state index in [4.69, 9.17) is 0 Å². The molecule has 2 aromatic rings. The van der Waals surface area contributed by atoms with Gasteiger partial charge in [0.25, 0.3) is 5.56 Å². The summed E-state index contributed by atoms with van der Waals surface area (Å²) < 4.78 is 1.57. The van der Waals surface area contributed by atoms with Crippen LogP contribution in [0.15, 0.2) is 17.3 Å². The van der Waals surface area contributed by atoms with Crippen molar-refractivity contribution in [3.8, 4) is 0 Å². The van der Waals surface area contributed by atoms with Gasteiger partial charge in [-0.25, -0.2) is 9.67 Å². The van der Waals surface area contributed by atoms with Crippen LogP contribution in [0.4, 0.5) is 0 Å². The van der Waals surface area contributed by atoms with Crippen LogP contribution in [-0.2, 0) is 11.3 Å². The number of rotatable bonds is 3. The van der Waals surface area contributed by atoms with Gasteiger partial charge in [-0.05, 0) is 25.7 Å². The van der Waals surface area contributed by atoms with Crippen LogP contribution in [0.5, 0.6) is 0 Å². The van der Waals surface area contributed by atoms with Crippen LogP contribution in [0.1, 0.15) is 32.6 Å². The Morgan fingerprint density at radius 1 is 1.33 bits per heavy atom. The Bertz CT molecular complexity index is 843. The molecule has 1 saturated heterocycles. The maximum absolute atomic E-state index is 12.4. The minimum absolute atomic E-state index is 0.168.